The largest absolute Gasteiger partial charge is 0.507 e. The lowest BCUT2D eigenvalue weighted by Gasteiger charge is -2.11. The highest BCUT2D eigenvalue weighted by Crippen LogP contribution is 2.35. The molecule has 27 heavy (non-hydrogen) atoms. The minimum Gasteiger partial charge on any atom is -0.507 e. The monoisotopic (exact) mass is 385 g/mol. The van der Waals surface area contributed by atoms with Crippen molar-refractivity contribution in [2.75, 3.05) is 11.9 Å². The zero-order valence-electron chi connectivity index (χ0n) is 14.3. The molecule has 0 radical (unpaired) electrons. The number of carbonyl (C=O) groups is 2. The Bertz CT molecular complexity index is 1050. The molecule has 0 aromatic heterocycles. The second-order valence-electron chi connectivity index (χ2n) is 5.92. The lowest BCUT2D eigenvalue weighted by molar-refractivity contribution is -0.119. The Hall–Kier alpha value is -3.25. The first kappa shape index (κ1) is 18.5. The number of phenols is 2. The second-order valence-corrected chi connectivity index (χ2v) is 6.36. The summed E-state index contributed by atoms with van der Waals surface area (Å²) in [5, 5.41) is 24.2. The number of fused-ring (bicyclic) bond motifs is 1. The van der Waals surface area contributed by atoms with Gasteiger partial charge in [0.2, 0.25) is 0 Å². The fourth-order valence-corrected chi connectivity index (χ4v) is 2.89. The summed E-state index contributed by atoms with van der Waals surface area (Å²) in [5.74, 6) is -1.95. The Morgan fingerprint density at radius 1 is 1.07 bits per heavy atom. The second kappa shape index (κ2) is 7.55. The number of hydrogen-bond acceptors (Lipinski definition) is 5. The third kappa shape index (κ3) is 3.96. The van der Waals surface area contributed by atoms with Crippen molar-refractivity contribution in [2.45, 2.75) is 6.92 Å². The van der Waals surface area contributed by atoms with Crippen LogP contribution < -0.4 is 5.32 Å². The molecular weight excluding hydrogens is 370 g/mol. The molecule has 0 aliphatic rings. The number of aryl methyl sites for hydroxylation is 1. The van der Waals surface area contributed by atoms with Gasteiger partial charge in [0, 0.05) is 21.5 Å². The number of ether oxygens (including phenoxy) is 1. The fraction of sp³-hybridized carbons (Fsp3) is 0.100. The van der Waals surface area contributed by atoms with Gasteiger partial charge in [-0.1, -0.05) is 35.9 Å². The highest BCUT2D eigenvalue weighted by Gasteiger charge is 2.19. The van der Waals surface area contributed by atoms with Crippen LogP contribution in [0.15, 0.2) is 48.5 Å². The third-order valence-electron chi connectivity index (χ3n) is 4.01. The summed E-state index contributed by atoms with van der Waals surface area (Å²) in [5.41, 5.74) is 1.09. The highest BCUT2D eigenvalue weighted by molar-refractivity contribution is 6.30. The predicted molar refractivity (Wildman–Crippen MR) is 102 cm³/mol. The van der Waals surface area contributed by atoms with E-state index >= 15 is 0 Å². The van der Waals surface area contributed by atoms with Gasteiger partial charge in [-0.15, -0.1) is 0 Å². The van der Waals surface area contributed by atoms with Crippen LogP contribution in [0.3, 0.4) is 0 Å². The number of amides is 1. The minimum atomic E-state index is -0.920. The van der Waals surface area contributed by atoms with Crippen molar-refractivity contribution in [2.24, 2.45) is 0 Å². The first-order chi connectivity index (χ1) is 12.9. The zero-order chi connectivity index (χ0) is 19.6. The van der Waals surface area contributed by atoms with E-state index in [0.29, 0.717) is 21.5 Å². The molecule has 0 saturated heterocycles. The lowest BCUT2D eigenvalue weighted by atomic mass is 10.0. The molecule has 3 aromatic carbocycles. The van der Waals surface area contributed by atoms with E-state index in [4.69, 9.17) is 16.3 Å². The van der Waals surface area contributed by atoms with Crippen LogP contribution in [-0.2, 0) is 9.53 Å². The number of carbonyl (C=O) groups excluding carboxylic acids is 2. The van der Waals surface area contributed by atoms with E-state index < -0.39 is 18.5 Å². The maximum absolute atomic E-state index is 12.2. The molecule has 0 fully saturated rings. The summed E-state index contributed by atoms with van der Waals surface area (Å²) in [7, 11) is 0. The van der Waals surface area contributed by atoms with Crippen LogP contribution >= 0.6 is 11.6 Å². The molecular formula is C20H16ClNO5. The lowest BCUT2D eigenvalue weighted by Crippen LogP contribution is -2.21. The Kier molecular flexibility index (Phi) is 5.19. The SMILES string of the molecule is Cc1cc(Cl)ccc1NC(=O)COC(=O)c1cc(O)c2ccccc2c1O. The summed E-state index contributed by atoms with van der Waals surface area (Å²) in [4.78, 5) is 24.3. The van der Waals surface area contributed by atoms with E-state index in [1.54, 1.807) is 49.4 Å². The summed E-state index contributed by atoms with van der Waals surface area (Å²) < 4.78 is 4.96. The van der Waals surface area contributed by atoms with Gasteiger partial charge in [-0.25, -0.2) is 4.79 Å². The normalized spacial score (nSPS) is 10.6. The minimum absolute atomic E-state index is 0.170. The van der Waals surface area contributed by atoms with Gasteiger partial charge in [-0.3, -0.25) is 4.79 Å². The number of esters is 1. The van der Waals surface area contributed by atoms with Gasteiger partial charge in [0.25, 0.3) is 5.91 Å². The summed E-state index contributed by atoms with van der Waals surface area (Å²) in [6.45, 7) is 1.23. The summed E-state index contributed by atoms with van der Waals surface area (Å²) >= 11 is 5.87. The van der Waals surface area contributed by atoms with Crippen molar-refractivity contribution < 1.29 is 24.5 Å². The number of halogens is 1. The Balaban J connectivity index is 1.71. The molecule has 0 spiro atoms. The number of rotatable bonds is 4. The van der Waals surface area contributed by atoms with E-state index in [9.17, 15) is 19.8 Å². The third-order valence-corrected chi connectivity index (χ3v) is 4.25. The van der Waals surface area contributed by atoms with Crippen LogP contribution in [0.25, 0.3) is 10.8 Å². The van der Waals surface area contributed by atoms with Crippen molar-refractivity contribution >= 4 is 39.9 Å². The van der Waals surface area contributed by atoms with Gasteiger partial charge < -0.3 is 20.3 Å². The molecule has 7 heteroatoms. The molecule has 3 N–H and O–H groups in total. The Labute approximate surface area is 160 Å². The Morgan fingerprint density at radius 2 is 1.78 bits per heavy atom. The van der Waals surface area contributed by atoms with Crippen molar-refractivity contribution in [3.63, 3.8) is 0 Å². The zero-order valence-corrected chi connectivity index (χ0v) is 15.1. The summed E-state index contributed by atoms with van der Waals surface area (Å²) in [6.07, 6.45) is 0. The number of benzene rings is 3. The van der Waals surface area contributed by atoms with Crippen LogP contribution in [0.4, 0.5) is 5.69 Å². The van der Waals surface area contributed by atoms with Crippen LogP contribution in [0.1, 0.15) is 15.9 Å². The van der Waals surface area contributed by atoms with Gasteiger partial charge in [0.05, 0.1) is 0 Å². The van der Waals surface area contributed by atoms with E-state index in [-0.39, 0.29) is 17.1 Å². The fourth-order valence-electron chi connectivity index (χ4n) is 2.66. The van der Waals surface area contributed by atoms with Gasteiger partial charge >= 0.3 is 5.97 Å². The molecule has 0 atom stereocenters. The molecule has 0 aliphatic heterocycles. The highest BCUT2D eigenvalue weighted by atomic mass is 35.5. The summed E-state index contributed by atoms with van der Waals surface area (Å²) in [6, 6.07) is 12.6. The number of anilines is 1. The molecule has 3 aromatic rings. The molecule has 1 amide bonds. The van der Waals surface area contributed by atoms with E-state index in [0.717, 1.165) is 11.6 Å². The van der Waals surface area contributed by atoms with Gasteiger partial charge in [0.1, 0.15) is 17.1 Å². The van der Waals surface area contributed by atoms with Crippen LogP contribution in [0.2, 0.25) is 5.02 Å². The molecule has 3 rings (SSSR count). The molecule has 0 bridgehead atoms. The van der Waals surface area contributed by atoms with Gasteiger partial charge in [-0.05, 0) is 36.8 Å². The van der Waals surface area contributed by atoms with Crippen LogP contribution in [0, 0.1) is 6.92 Å². The maximum atomic E-state index is 12.2. The first-order valence-corrected chi connectivity index (χ1v) is 8.41. The smallest absolute Gasteiger partial charge is 0.342 e. The van der Waals surface area contributed by atoms with Crippen molar-refractivity contribution in [1.29, 1.82) is 0 Å². The van der Waals surface area contributed by atoms with Crippen molar-refractivity contribution in [1.82, 2.24) is 0 Å². The maximum Gasteiger partial charge on any atom is 0.342 e. The van der Waals surface area contributed by atoms with Crippen LogP contribution in [0.5, 0.6) is 11.5 Å². The molecule has 138 valence electrons. The number of aromatic hydroxyl groups is 2. The average Bonchev–Trinajstić information content (AvgIpc) is 2.65. The first-order valence-electron chi connectivity index (χ1n) is 8.03. The topological polar surface area (TPSA) is 95.9 Å². The van der Waals surface area contributed by atoms with Gasteiger partial charge in [0.15, 0.2) is 6.61 Å². The predicted octanol–water partition coefficient (Wildman–Crippen LogP) is 4.01. The van der Waals surface area contributed by atoms with E-state index in [2.05, 4.69) is 5.32 Å². The molecule has 0 aliphatic carbocycles. The van der Waals surface area contributed by atoms with Crippen molar-refractivity contribution in [3.05, 3.63) is 64.7 Å². The molecule has 0 saturated carbocycles. The average molecular weight is 386 g/mol. The van der Waals surface area contributed by atoms with E-state index in [1.807, 2.05) is 0 Å². The quantitative estimate of drug-likeness (QED) is 0.466. The number of nitrogens with one attached hydrogen (secondary N) is 1. The van der Waals surface area contributed by atoms with E-state index in [1.165, 1.54) is 0 Å². The molecule has 0 heterocycles. The number of hydrogen-bond donors (Lipinski definition) is 3. The van der Waals surface area contributed by atoms with Gasteiger partial charge in [-0.2, -0.15) is 0 Å². The van der Waals surface area contributed by atoms with Crippen LogP contribution in [-0.4, -0.2) is 28.7 Å². The molecule has 0 unspecified atom stereocenters. The molecule has 6 nitrogen and oxygen atoms in total. The van der Waals surface area contributed by atoms with Crippen molar-refractivity contribution in [3.8, 4) is 11.5 Å². The number of phenolic OH excluding ortho intramolecular Hbond substituents is 2. The Morgan fingerprint density at radius 3 is 2.48 bits per heavy atom. The standard InChI is InChI=1S/C20H16ClNO5/c1-11-8-12(21)6-7-16(11)22-18(24)10-27-20(26)15-9-17(23)13-4-2-3-5-14(13)19(15)25/h2-9,23,25H,10H2,1H3,(H,22,24).